The molecule has 1 saturated heterocycles. The van der Waals surface area contributed by atoms with Crippen LogP contribution in [0, 0.1) is 5.92 Å². The van der Waals surface area contributed by atoms with E-state index in [9.17, 15) is 9.59 Å². The Morgan fingerprint density at radius 1 is 1.37 bits per heavy atom. The topological polar surface area (TPSA) is 66.6 Å². The fourth-order valence-corrected chi connectivity index (χ4v) is 2.29. The predicted octanol–water partition coefficient (Wildman–Crippen LogP) is 0.586. The van der Waals surface area contributed by atoms with E-state index in [4.69, 9.17) is 5.73 Å². The number of amides is 2. The molecule has 1 atom stereocenters. The van der Waals surface area contributed by atoms with Crippen molar-refractivity contribution < 1.29 is 9.59 Å². The second-order valence-electron chi connectivity index (χ2n) is 5.21. The molecule has 2 rings (SSSR count). The lowest BCUT2D eigenvalue weighted by molar-refractivity contribution is -0.123. The maximum atomic E-state index is 11.9. The molecule has 0 bridgehead atoms. The second kappa shape index (κ2) is 5.40. The molecule has 19 heavy (non-hydrogen) atoms. The van der Waals surface area contributed by atoms with Crippen LogP contribution in [0.25, 0.3) is 0 Å². The molecule has 1 aliphatic rings. The maximum Gasteiger partial charge on any atom is 0.227 e. The van der Waals surface area contributed by atoms with Crippen molar-refractivity contribution in [2.24, 2.45) is 11.7 Å². The van der Waals surface area contributed by atoms with Gasteiger partial charge in [0.25, 0.3) is 0 Å². The number of hydrogen-bond acceptors (Lipinski definition) is 3. The Hall–Kier alpha value is -1.88. The monoisotopic (exact) mass is 261 g/mol. The predicted molar refractivity (Wildman–Crippen MR) is 73.5 cm³/mol. The Labute approximate surface area is 113 Å². The van der Waals surface area contributed by atoms with E-state index in [0.29, 0.717) is 6.54 Å². The first-order chi connectivity index (χ1) is 8.97. The zero-order valence-electron chi connectivity index (χ0n) is 11.3. The Kier molecular flexibility index (Phi) is 3.85. The van der Waals surface area contributed by atoms with Gasteiger partial charge in [-0.1, -0.05) is 12.1 Å². The van der Waals surface area contributed by atoms with Crippen LogP contribution < -0.4 is 10.6 Å². The van der Waals surface area contributed by atoms with E-state index < -0.39 is 5.91 Å². The average Bonchev–Trinajstić information content (AvgIpc) is 2.72. The zero-order valence-corrected chi connectivity index (χ0v) is 11.3. The van der Waals surface area contributed by atoms with Gasteiger partial charge in [-0.25, -0.2) is 0 Å². The molecule has 0 aromatic heterocycles. The molecule has 1 aromatic carbocycles. The third-order valence-electron chi connectivity index (χ3n) is 3.27. The van der Waals surface area contributed by atoms with Gasteiger partial charge in [0, 0.05) is 25.2 Å². The zero-order chi connectivity index (χ0) is 14.0. The van der Waals surface area contributed by atoms with Crippen molar-refractivity contribution in [3.05, 3.63) is 29.8 Å². The summed E-state index contributed by atoms with van der Waals surface area (Å²) in [6.07, 6.45) is 0.217. The molecule has 2 N–H and O–H groups in total. The quantitative estimate of drug-likeness (QED) is 0.862. The number of hydrogen-bond donors (Lipinski definition) is 1. The van der Waals surface area contributed by atoms with Gasteiger partial charge in [-0.15, -0.1) is 0 Å². The smallest absolute Gasteiger partial charge is 0.227 e. The molecule has 2 amide bonds. The Bertz CT molecular complexity index is 482. The lowest BCUT2D eigenvalue weighted by Gasteiger charge is -2.17. The Balaban J connectivity index is 2.10. The van der Waals surface area contributed by atoms with Crippen LogP contribution in [0.2, 0.25) is 0 Å². The van der Waals surface area contributed by atoms with E-state index in [1.807, 2.05) is 38.4 Å². The van der Waals surface area contributed by atoms with Gasteiger partial charge in [0.1, 0.15) is 0 Å². The van der Waals surface area contributed by atoms with Crippen LogP contribution in [-0.2, 0) is 16.1 Å². The fraction of sp³-hybridized carbons (Fsp3) is 0.429. The van der Waals surface area contributed by atoms with Gasteiger partial charge in [0.15, 0.2) is 0 Å². The molecule has 0 saturated carbocycles. The molecule has 1 aliphatic heterocycles. The first-order valence-corrected chi connectivity index (χ1v) is 6.30. The molecule has 0 aliphatic carbocycles. The first-order valence-electron chi connectivity index (χ1n) is 6.30. The summed E-state index contributed by atoms with van der Waals surface area (Å²) < 4.78 is 0. The normalized spacial score (nSPS) is 19.2. The minimum absolute atomic E-state index is 0.0378. The van der Waals surface area contributed by atoms with Gasteiger partial charge in [0.2, 0.25) is 11.8 Å². The highest BCUT2D eigenvalue weighted by Gasteiger charge is 2.33. The molecule has 1 fully saturated rings. The molecule has 0 radical (unpaired) electrons. The highest BCUT2D eigenvalue weighted by Crippen LogP contribution is 2.25. The molecule has 0 spiro atoms. The summed E-state index contributed by atoms with van der Waals surface area (Å²) in [5, 5.41) is 0. The largest absolute Gasteiger partial charge is 0.369 e. The lowest BCUT2D eigenvalue weighted by Crippen LogP contribution is -2.28. The summed E-state index contributed by atoms with van der Waals surface area (Å²) in [5.74, 6) is -0.807. The molecule has 102 valence electrons. The summed E-state index contributed by atoms with van der Waals surface area (Å²) in [6, 6.07) is 7.83. The minimum Gasteiger partial charge on any atom is -0.369 e. The number of nitrogens with zero attached hydrogens (tertiary/aromatic N) is 2. The van der Waals surface area contributed by atoms with E-state index in [1.165, 1.54) is 5.56 Å². The molecule has 1 heterocycles. The van der Waals surface area contributed by atoms with Gasteiger partial charge in [0.05, 0.1) is 5.92 Å². The highest BCUT2D eigenvalue weighted by molar-refractivity contribution is 6.00. The van der Waals surface area contributed by atoms with Crippen molar-refractivity contribution in [3.63, 3.8) is 0 Å². The Morgan fingerprint density at radius 3 is 2.47 bits per heavy atom. The van der Waals surface area contributed by atoms with Crippen molar-refractivity contribution >= 4 is 17.5 Å². The number of nitrogens with two attached hydrogens (primary N) is 1. The van der Waals surface area contributed by atoms with Crippen molar-refractivity contribution in [3.8, 4) is 0 Å². The van der Waals surface area contributed by atoms with E-state index in [2.05, 4.69) is 4.90 Å². The van der Waals surface area contributed by atoms with Crippen molar-refractivity contribution in [1.82, 2.24) is 4.90 Å². The van der Waals surface area contributed by atoms with Gasteiger partial charge >= 0.3 is 0 Å². The third kappa shape index (κ3) is 3.12. The summed E-state index contributed by atoms with van der Waals surface area (Å²) >= 11 is 0. The standard InChI is InChI=1S/C14H19N3O2/c1-16(2)8-10-3-5-12(6-4-10)17-9-11(14(15)19)7-13(17)18/h3-6,11H,7-9H2,1-2H3,(H2,15,19). The number of carbonyl (C=O) groups excluding carboxylic acids is 2. The maximum absolute atomic E-state index is 11.9. The van der Waals surface area contributed by atoms with Crippen LogP contribution in [0.5, 0.6) is 0 Å². The van der Waals surface area contributed by atoms with Gasteiger partial charge < -0.3 is 15.5 Å². The van der Waals surface area contributed by atoms with Gasteiger partial charge in [-0.2, -0.15) is 0 Å². The summed E-state index contributed by atoms with van der Waals surface area (Å²) in [5.41, 5.74) is 7.27. The van der Waals surface area contributed by atoms with Crippen LogP contribution in [-0.4, -0.2) is 37.4 Å². The average molecular weight is 261 g/mol. The van der Waals surface area contributed by atoms with Crippen LogP contribution >= 0.6 is 0 Å². The van der Waals surface area contributed by atoms with Gasteiger partial charge in [-0.3, -0.25) is 9.59 Å². The summed E-state index contributed by atoms with van der Waals surface area (Å²) in [6.45, 7) is 1.25. The molecule has 5 heteroatoms. The van der Waals surface area contributed by atoms with Crippen LogP contribution in [0.1, 0.15) is 12.0 Å². The third-order valence-corrected chi connectivity index (χ3v) is 3.27. The van der Waals surface area contributed by atoms with E-state index in [-0.39, 0.29) is 18.2 Å². The van der Waals surface area contributed by atoms with Crippen LogP contribution in [0.4, 0.5) is 5.69 Å². The van der Waals surface area contributed by atoms with Crippen LogP contribution in [0.3, 0.4) is 0 Å². The number of primary amides is 1. The SMILES string of the molecule is CN(C)Cc1ccc(N2CC(C(N)=O)CC2=O)cc1. The number of carbonyl (C=O) groups is 2. The summed E-state index contributed by atoms with van der Waals surface area (Å²) in [7, 11) is 4.02. The van der Waals surface area contributed by atoms with E-state index in [1.54, 1.807) is 4.90 Å². The van der Waals surface area contributed by atoms with E-state index in [0.717, 1.165) is 12.2 Å². The van der Waals surface area contributed by atoms with Crippen molar-refractivity contribution in [1.29, 1.82) is 0 Å². The van der Waals surface area contributed by atoms with Crippen molar-refractivity contribution in [2.75, 3.05) is 25.5 Å². The number of benzene rings is 1. The van der Waals surface area contributed by atoms with Crippen molar-refractivity contribution in [2.45, 2.75) is 13.0 Å². The van der Waals surface area contributed by atoms with Gasteiger partial charge in [-0.05, 0) is 31.8 Å². The number of rotatable bonds is 4. The lowest BCUT2D eigenvalue weighted by atomic mass is 10.1. The first kappa shape index (κ1) is 13.5. The fourth-order valence-electron chi connectivity index (χ4n) is 2.29. The second-order valence-corrected chi connectivity index (χ2v) is 5.21. The molecule has 5 nitrogen and oxygen atoms in total. The molecule has 1 unspecified atom stereocenters. The molecule has 1 aromatic rings. The van der Waals surface area contributed by atoms with E-state index >= 15 is 0 Å². The van der Waals surface area contributed by atoms with Crippen LogP contribution in [0.15, 0.2) is 24.3 Å². The molecular weight excluding hydrogens is 242 g/mol. The minimum atomic E-state index is -0.403. The highest BCUT2D eigenvalue weighted by atomic mass is 16.2. The summed E-state index contributed by atoms with van der Waals surface area (Å²) in [4.78, 5) is 26.7. The molecular formula is C14H19N3O2. The number of anilines is 1. The Morgan fingerprint density at radius 2 is 2.00 bits per heavy atom.